The van der Waals surface area contributed by atoms with Crippen LogP contribution in [0.25, 0.3) is 0 Å². The first kappa shape index (κ1) is 15.3. The van der Waals surface area contributed by atoms with E-state index in [-0.39, 0.29) is 17.0 Å². The zero-order valence-corrected chi connectivity index (χ0v) is 12.7. The smallest absolute Gasteiger partial charge is 0.240 e. The second-order valence-corrected chi connectivity index (χ2v) is 6.92. The Morgan fingerprint density at radius 2 is 2.15 bits per heavy atom. The van der Waals surface area contributed by atoms with E-state index in [9.17, 15) is 8.42 Å². The summed E-state index contributed by atoms with van der Waals surface area (Å²) in [5, 5.41) is 0. The van der Waals surface area contributed by atoms with Crippen LogP contribution in [-0.2, 0) is 21.2 Å². The Bertz CT molecular complexity index is 572. The van der Waals surface area contributed by atoms with Crippen molar-refractivity contribution < 1.29 is 13.2 Å². The van der Waals surface area contributed by atoms with Crippen molar-refractivity contribution in [3.63, 3.8) is 0 Å². The molecule has 0 bridgehead atoms. The molecule has 0 saturated heterocycles. The average molecular weight is 298 g/mol. The summed E-state index contributed by atoms with van der Waals surface area (Å²) in [6.07, 6.45) is 3.35. The highest BCUT2D eigenvalue weighted by molar-refractivity contribution is 7.89. The van der Waals surface area contributed by atoms with Gasteiger partial charge in [0, 0.05) is 18.8 Å². The van der Waals surface area contributed by atoms with Gasteiger partial charge in [0.25, 0.3) is 0 Å². The Hall–Kier alpha value is -1.11. The second kappa shape index (κ2) is 6.11. The molecular formula is C14H22N2O3S. The van der Waals surface area contributed by atoms with Gasteiger partial charge in [0.1, 0.15) is 0 Å². The van der Waals surface area contributed by atoms with Crippen LogP contribution in [0.1, 0.15) is 31.7 Å². The van der Waals surface area contributed by atoms with Gasteiger partial charge >= 0.3 is 0 Å². The first-order valence-electron chi connectivity index (χ1n) is 6.89. The number of anilines is 1. The minimum atomic E-state index is -3.51. The van der Waals surface area contributed by atoms with E-state index >= 15 is 0 Å². The summed E-state index contributed by atoms with van der Waals surface area (Å²) < 4.78 is 32.6. The van der Waals surface area contributed by atoms with Gasteiger partial charge < -0.3 is 10.5 Å². The van der Waals surface area contributed by atoms with Crippen LogP contribution in [0, 0.1) is 0 Å². The van der Waals surface area contributed by atoms with Gasteiger partial charge in [-0.1, -0.05) is 13.0 Å². The number of methoxy groups -OCH3 is 1. The van der Waals surface area contributed by atoms with Crippen molar-refractivity contribution in [3.05, 3.63) is 23.8 Å². The topological polar surface area (TPSA) is 81.4 Å². The lowest BCUT2D eigenvalue weighted by Gasteiger charge is -2.14. The first-order chi connectivity index (χ1) is 9.46. The van der Waals surface area contributed by atoms with Crippen LogP contribution in [0.5, 0.6) is 0 Å². The molecule has 0 aromatic heterocycles. The van der Waals surface area contributed by atoms with E-state index in [1.807, 2.05) is 6.92 Å². The molecule has 0 heterocycles. The highest BCUT2D eigenvalue weighted by Crippen LogP contribution is 2.24. The van der Waals surface area contributed by atoms with Crippen LogP contribution in [0.4, 0.5) is 5.69 Å². The number of hydrogen-bond donors (Lipinski definition) is 2. The molecular weight excluding hydrogens is 276 g/mol. The molecule has 0 aliphatic heterocycles. The predicted molar refractivity (Wildman–Crippen MR) is 79.0 cm³/mol. The number of ether oxygens (including phenoxy) is 1. The molecule has 20 heavy (non-hydrogen) atoms. The molecule has 112 valence electrons. The van der Waals surface area contributed by atoms with E-state index in [4.69, 9.17) is 10.5 Å². The summed E-state index contributed by atoms with van der Waals surface area (Å²) in [4.78, 5) is 0.230. The van der Waals surface area contributed by atoms with Gasteiger partial charge in [0.15, 0.2) is 0 Å². The van der Waals surface area contributed by atoms with E-state index in [1.54, 1.807) is 19.2 Å². The summed E-state index contributed by atoms with van der Waals surface area (Å²) in [6, 6.07) is 4.86. The number of hydrogen-bond acceptors (Lipinski definition) is 4. The molecule has 0 radical (unpaired) electrons. The van der Waals surface area contributed by atoms with Crippen LogP contribution >= 0.6 is 0 Å². The molecule has 1 aliphatic carbocycles. The van der Waals surface area contributed by atoms with Gasteiger partial charge in [-0.25, -0.2) is 13.1 Å². The van der Waals surface area contributed by atoms with E-state index in [0.29, 0.717) is 5.69 Å². The Morgan fingerprint density at radius 3 is 2.70 bits per heavy atom. The fourth-order valence-electron chi connectivity index (χ4n) is 2.61. The summed E-state index contributed by atoms with van der Waals surface area (Å²) >= 11 is 0. The number of nitrogens with one attached hydrogen (secondary N) is 1. The number of nitrogen functional groups attached to an aromatic ring is 1. The quantitative estimate of drug-likeness (QED) is 0.810. The van der Waals surface area contributed by atoms with Crippen LogP contribution < -0.4 is 10.5 Å². The Labute approximate surface area is 120 Å². The van der Waals surface area contributed by atoms with Crippen molar-refractivity contribution in [2.24, 2.45) is 0 Å². The number of rotatable bonds is 5. The largest absolute Gasteiger partial charge is 0.398 e. The lowest BCUT2D eigenvalue weighted by molar-refractivity contribution is 0.107. The van der Waals surface area contributed by atoms with Crippen molar-refractivity contribution in [2.75, 3.05) is 12.8 Å². The molecule has 3 N–H and O–H groups in total. The third-order valence-corrected chi connectivity index (χ3v) is 5.37. The van der Waals surface area contributed by atoms with E-state index in [1.165, 1.54) is 6.07 Å². The molecule has 2 atom stereocenters. The molecule has 0 spiro atoms. The van der Waals surface area contributed by atoms with Crippen LogP contribution in [-0.4, -0.2) is 27.7 Å². The van der Waals surface area contributed by atoms with E-state index < -0.39 is 10.0 Å². The molecule has 1 fully saturated rings. The molecule has 6 heteroatoms. The Balaban J connectivity index is 2.12. The summed E-state index contributed by atoms with van der Waals surface area (Å²) in [7, 11) is -1.85. The maximum atomic E-state index is 12.3. The number of benzene rings is 1. The van der Waals surface area contributed by atoms with E-state index in [2.05, 4.69) is 4.72 Å². The molecule has 1 saturated carbocycles. The molecule has 5 nitrogen and oxygen atoms in total. The van der Waals surface area contributed by atoms with Crippen molar-refractivity contribution in [3.8, 4) is 0 Å². The van der Waals surface area contributed by atoms with Gasteiger partial charge in [-0.05, 0) is 43.4 Å². The average Bonchev–Trinajstić information content (AvgIpc) is 2.85. The predicted octanol–water partition coefficient (Wildman–Crippen LogP) is 1.68. The molecule has 2 rings (SSSR count). The van der Waals surface area contributed by atoms with Crippen molar-refractivity contribution >= 4 is 15.7 Å². The van der Waals surface area contributed by atoms with E-state index in [0.717, 1.165) is 31.2 Å². The van der Waals surface area contributed by atoms with Crippen LogP contribution in [0.3, 0.4) is 0 Å². The fraction of sp³-hybridized carbons (Fsp3) is 0.571. The second-order valence-electron chi connectivity index (χ2n) is 5.20. The van der Waals surface area contributed by atoms with Crippen LogP contribution in [0.15, 0.2) is 23.1 Å². The third kappa shape index (κ3) is 3.31. The summed E-state index contributed by atoms with van der Waals surface area (Å²) in [5.74, 6) is 0. The summed E-state index contributed by atoms with van der Waals surface area (Å²) in [5.41, 5.74) is 7.35. The number of nitrogens with two attached hydrogens (primary N) is 1. The van der Waals surface area contributed by atoms with Gasteiger partial charge in [-0.15, -0.1) is 0 Å². The zero-order valence-electron chi connectivity index (χ0n) is 11.9. The van der Waals surface area contributed by atoms with Gasteiger partial charge in [-0.2, -0.15) is 0 Å². The molecule has 1 aromatic rings. The minimum absolute atomic E-state index is 0.0583. The maximum absolute atomic E-state index is 12.3. The van der Waals surface area contributed by atoms with Crippen LogP contribution in [0.2, 0.25) is 0 Å². The Morgan fingerprint density at radius 1 is 1.40 bits per heavy atom. The molecule has 1 aromatic carbocycles. The Kier molecular flexibility index (Phi) is 4.67. The highest BCUT2D eigenvalue weighted by Gasteiger charge is 2.28. The molecule has 0 amide bonds. The summed E-state index contributed by atoms with van der Waals surface area (Å²) in [6.45, 7) is 1.99. The number of sulfonamides is 1. The molecule has 1 aliphatic rings. The highest BCUT2D eigenvalue weighted by atomic mass is 32.2. The molecule has 2 unspecified atom stereocenters. The maximum Gasteiger partial charge on any atom is 0.240 e. The lowest BCUT2D eigenvalue weighted by Crippen LogP contribution is -2.33. The lowest BCUT2D eigenvalue weighted by atomic mass is 10.1. The van der Waals surface area contributed by atoms with Gasteiger partial charge in [0.2, 0.25) is 10.0 Å². The fourth-order valence-corrected chi connectivity index (χ4v) is 3.93. The SMILES string of the molecule is CCc1ccc(S(=O)(=O)NC2CCC(OC)C2)cc1N. The van der Waals surface area contributed by atoms with Gasteiger partial charge in [-0.3, -0.25) is 0 Å². The van der Waals surface area contributed by atoms with Crippen molar-refractivity contribution in [2.45, 2.75) is 49.6 Å². The standard InChI is InChI=1S/C14H22N2O3S/c1-3-10-4-7-13(9-14(10)15)20(17,18)16-11-5-6-12(8-11)19-2/h4,7,9,11-12,16H,3,5-6,8,15H2,1-2H3. The number of aryl methyl sites for hydroxylation is 1. The van der Waals surface area contributed by atoms with Gasteiger partial charge in [0.05, 0.1) is 11.0 Å². The van der Waals surface area contributed by atoms with Crippen molar-refractivity contribution in [1.29, 1.82) is 0 Å². The van der Waals surface area contributed by atoms with Crippen molar-refractivity contribution in [1.82, 2.24) is 4.72 Å². The third-order valence-electron chi connectivity index (χ3n) is 3.85. The normalized spacial score (nSPS) is 23.1. The first-order valence-corrected chi connectivity index (χ1v) is 8.38. The zero-order chi connectivity index (χ0) is 14.8. The monoisotopic (exact) mass is 298 g/mol. The minimum Gasteiger partial charge on any atom is -0.398 e.